The third-order valence-corrected chi connectivity index (χ3v) is 4.80. The summed E-state index contributed by atoms with van der Waals surface area (Å²) >= 11 is 0. The van der Waals surface area contributed by atoms with Crippen molar-refractivity contribution in [1.29, 1.82) is 0 Å². The third-order valence-electron chi connectivity index (χ3n) is 4.80. The van der Waals surface area contributed by atoms with Crippen LogP contribution < -0.4 is 10.6 Å². The molecule has 1 heterocycles. The maximum absolute atomic E-state index is 12.4. The molecule has 1 aliphatic heterocycles. The normalized spacial score (nSPS) is 14.2. The van der Waals surface area contributed by atoms with Crippen molar-refractivity contribution in [2.75, 3.05) is 30.3 Å². The number of nitrogens with one attached hydrogen (secondary N) is 2. The van der Waals surface area contributed by atoms with Gasteiger partial charge < -0.3 is 20.3 Å². The monoisotopic (exact) mass is 395 g/mol. The van der Waals surface area contributed by atoms with Gasteiger partial charge in [-0.15, -0.1) is 0 Å². The topological polar surface area (TPSA) is 87.7 Å². The Morgan fingerprint density at radius 1 is 0.931 bits per heavy atom. The number of hydrogen-bond acceptors (Lipinski definition) is 5. The zero-order chi connectivity index (χ0) is 20.6. The van der Waals surface area contributed by atoms with Gasteiger partial charge in [-0.3, -0.25) is 14.4 Å². The van der Waals surface area contributed by atoms with Crippen LogP contribution in [0.1, 0.15) is 19.8 Å². The third kappa shape index (κ3) is 5.57. The Morgan fingerprint density at radius 2 is 1.52 bits per heavy atom. The van der Waals surface area contributed by atoms with Crippen LogP contribution >= 0.6 is 0 Å². The minimum Gasteiger partial charge on any atom is -0.466 e. The first-order valence-corrected chi connectivity index (χ1v) is 9.76. The Balaban J connectivity index is 1.50. The van der Waals surface area contributed by atoms with Crippen LogP contribution in [0, 0.1) is 5.92 Å². The number of nitrogens with zero attached hydrogens (tertiary/aromatic N) is 1. The maximum atomic E-state index is 12.4. The lowest BCUT2D eigenvalue weighted by atomic mass is 9.97. The van der Waals surface area contributed by atoms with Gasteiger partial charge in [0.05, 0.1) is 12.5 Å². The number of likely N-dealkylation sites (tertiary alicyclic amines) is 1. The number of piperidine rings is 1. The standard InChI is InChI=1S/C22H25N3O4/c1-2-29-22(28)16-12-14-25(15-13-16)21(27)20(26)24-19-10-8-18(9-11-19)23-17-6-4-3-5-7-17/h3-11,16,23H,2,12-15H2,1H3,(H,24,26). The summed E-state index contributed by atoms with van der Waals surface area (Å²) in [6.07, 6.45) is 1.02. The summed E-state index contributed by atoms with van der Waals surface area (Å²) in [4.78, 5) is 38.0. The lowest BCUT2D eigenvalue weighted by Gasteiger charge is -2.30. The molecule has 7 nitrogen and oxygen atoms in total. The van der Waals surface area contributed by atoms with E-state index in [1.54, 1.807) is 19.1 Å². The number of rotatable bonds is 5. The van der Waals surface area contributed by atoms with Gasteiger partial charge in [0.15, 0.2) is 0 Å². The fourth-order valence-electron chi connectivity index (χ4n) is 3.23. The summed E-state index contributed by atoms with van der Waals surface area (Å²) in [5.74, 6) is -1.69. The van der Waals surface area contributed by atoms with E-state index in [0.29, 0.717) is 38.2 Å². The molecule has 0 bridgehead atoms. The summed E-state index contributed by atoms with van der Waals surface area (Å²) in [7, 11) is 0. The SMILES string of the molecule is CCOC(=O)C1CCN(C(=O)C(=O)Nc2ccc(Nc3ccccc3)cc2)CC1. The van der Waals surface area contributed by atoms with Gasteiger partial charge in [-0.25, -0.2) is 0 Å². The van der Waals surface area contributed by atoms with Crippen molar-refractivity contribution in [1.82, 2.24) is 4.90 Å². The molecule has 1 saturated heterocycles. The van der Waals surface area contributed by atoms with E-state index >= 15 is 0 Å². The summed E-state index contributed by atoms with van der Waals surface area (Å²) < 4.78 is 5.02. The van der Waals surface area contributed by atoms with Crippen LogP contribution in [0.4, 0.5) is 17.1 Å². The number of amides is 2. The van der Waals surface area contributed by atoms with Gasteiger partial charge in [-0.2, -0.15) is 0 Å². The maximum Gasteiger partial charge on any atom is 0.313 e. The molecule has 0 saturated carbocycles. The minimum absolute atomic E-state index is 0.202. The number of carbonyl (C=O) groups is 3. The molecule has 7 heteroatoms. The highest BCUT2D eigenvalue weighted by Gasteiger charge is 2.30. The zero-order valence-corrected chi connectivity index (χ0v) is 16.4. The van der Waals surface area contributed by atoms with Crippen molar-refractivity contribution in [3.63, 3.8) is 0 Å². The van der Waals surface area contributed by atoms with Gasteiger partial charge in [0, 0.05) is 30.2 Å². The number of ether oxygens (including phenoxy) is 1. The lowest BCUT2D eigenvalue weighted by Crippen LogP contribution is -2.45. The van der Waals surface area contributed by atoms with Crippen LogP contribution in [0.5, 0.6) is 0 Å². The summed E-state index contributed by atoms with van der Waals surface area (Å²) in [6.45, 7) is 2.86. The summed E-state index contributed by atoms with van der Waals surface area (Å²) in [5, 5.41) is 5.89. The van der Waals surface area contributed by atoms with Crippen molar-refractivity contribution in [2.45, 2.75) is 19.8 Å². The molecule has 0 aromatic heterocycles. The summed E-state index contributed by atoms with van der Waals surface area (Å²) in [5.41, 5.74) is 2.38. The Labute approximate surface area is 170 Å². The largest absolute Gasteiger partial charge is 0.466 e. The van der Waals surface area contributed by atoms with Gasteiger partial charge in [-0.1, -0.05) is 18.2 Å². The van der Waals surface area contributed by atoms with Gasteiger partial charge in [0.25, 0.3) is 0 Å². The number of benzene rings is 2. The van der Waals surface area contributed by atoms with Crippen molar-refractivity contribution in [3.05, 3.63) is 54.6 Å². The van der Waals surface area contributed by atoms with Crippen LogP contribution in [0.2, 0.25) is 0 Å². The van der Waals surface area contributed by atoms with E-state index in [-0.39, 0.29) is 11.9 Å². The molecule has 2 aromatic rings. The molecular formula is C22H25N3O4. The molecule has 2 N–H and O–H groups in total. The van der Waals surface area contributed by atoms with Gasteiger partial charge in [0.1, 0.15) is 0 Å². The van der Waals surface area contributed by atoms with E-state index in [9.17, 15) is 14.4 Å². The Hall–Kier alpha value is -3.35. The van der Waals surface area contributed by atoms with Gasteiger partial charge in [-0.05, 0) is 56.2 Å². The van der Waals surface area contributed by atoms with E-state index in [4.69, 9.17) is 4.74 Å². The number of esters is 1. The van der Waals surface area contributed by atoms with Gasteiger partial charge >= 0.3 is 17.8 Å². The van der Waals surface area contributed by atoms with Gasteiger partial charge in [0.2, 0.25) is 0 Å². The molecule has 29 heavy (non-hydrogen) atoms. The fourth-order valence-corrected chi connectivity index (χ4v) is 3.23. The van der Waals surface area contributed by atoms with Crippen molar-refractivity contribution >= 4 is 34.8 Å². The van der Waals surface area contributed by atoms with Crippen LogP contribution in [0.25, 0.3) is 0 Å². The first-order chi connectivity index (χ1) is 14.1. The molecule has 0 radical (unpaired) electrons. The van der Waals surface area contributed by atoms with Crippen molar-refractivity contribution in [2.24, 2.45) is 5.92 Å². The molecule has 3 rings (SSSR count). The molecule has 1 aliphatic rings. The van der Waals surface area contributed by atoms with Crippen molar-refractivity contribution < 1.29 is 19.1 Å². The van der Waals surface area contributed by atoms with Crippen LogP contribution in [-0.2, 0) is 19.1 Å². The molecule has 0 spiro atoms. The predicted octanol–water partition coefficient (Wildman–Crippen LogP) is 3.17. The molecule has 0 unspecified atom stereocenters. The predicted molar refractivity (Wildman–Crippen MR) is 111 cm³/mol. The molecule has 0 atom stereocenters. The van der Waals surface area contributed by atoms with E-state index in [2.05, 4.69) is 10.6 Å². The number of carbonyl (C=O) groups excluding carboxylic acids is 3. The highest BCUT2D eigenvalue weighted by molar-refractivity contribution is 6.39. The first kappa shape index (κ1) is 20.4. The molecule has 1 fully saturated rings. The Kier molecular flexibility index (Phi) is 6.84. The second-order valence-electron chi connectivity index (χ2n) is 6.84. The fraction of sp³-hybridized carbons (Fsp3) is 0.318. The van der Waals surface area contributed by atoms with Crippen LogP contribution in [0.15, 0.2) is 54.6 Å². The molecule has 152 valence electrons. The number of para-hydroxylation sites is 1. The Bertz CT molecular complexity index is 844. The first-order valence-electron chi connectivity index (χ1n) is 9.76. The quantitative estimate of drug-likeness (QED) is 0.600. The second kappa shape index (κ2) is 9.73. The highest BCUT2D eigenvalue weighted by Crippen LogP contribution is 2.20. The van der Waals surface area contributed by atoms with E-state index < -0.39 is 11.8 Å². The average Bonchev–Trinajstić information content (AvgIpc) is 2.75. The number of anilines is 3. The average molecular weight is 395 g/mol. The molecule has 0 aliphatic carbocycles. The van der Waals surface area contributed by atoms with E-state index in [1.807, 2.05) is 42.5 Å². The lowest BCUT2D eigenvalue weighted by molar-refractivity contribution is -0.152. The van der Waals surface area contributed by atoms with Crippen molar-refractivity contribution in [3.8, 4) is 0 Å². The highest BCUT2D eigenvalue weighted by atomic mass is 16.5. The van der Waals surface area contributed by atoms with E-state index in [1.165, 1.54) is 4.90 Å². The molecular weight excluding hydrogens is 370 g/mol. The molecule has 2 amide bonds. The summed E-state index contributed by atoms with van der Waals surface area (Å²) in [6, 6.07) is 16.9. The van der Waals surface area contributed by atoms with Crippen LogP contribution in [0.3, 0.4) is 0 Å². The molecule has 2 aromatic carbocycles. The smallest absolute Gasteiger partial charge is 0.313 e. The van der Waals surface area contributed by atoms with E-state index in [0.717, 1.165) is 11.4 Å². The minimum atomic E-state index is -0.677. The Morgan fingerprint density at radius 3 is 2.14 bits per heavy atom. The zero-order valence-electron chi connectivity index (χ0n) is 16.4. The second-order valence-corrected chi connectivity index (χ2v) is 6.84. The number of hydrogen-bond donors (Lipinski definition) is 2. The van der Waals surface area contributed by atoms with Crippen LogP contribution in [-0.4, -0.2) is 42.4 Å².